The number of aliphatic hydroxyl groups excluding tert-OH is 1. The van der Waals surface area contributed by atoms with Crippen molar-refractivity contribution in [2.45, 2.75) is 50.5 Å². The monoisotopic (exact) mass is 214 g/mol. The fourth-order valence-electron chi connectivity index (χ4n) is 3.20. The van der Waals surface area contributed by atoms with Crippen LogP contribution in [0.5, 0.6) is 0 Å². The first-order valence-electron chi connectivity index (χ1n) is 6.13. The molecule has 1 heterocycles. The SMILES string of the molecule is OCC1(C2(O)CCCOC2)CCCCC1. The maximum Gasteiger partial charge on any atom is 0.0958 e. The van der Waals surface area contributed by atoms with Gasteiger partial charge in [0.1, 0.15) is 0 Å². The highest BCUT2D eigenvalue weighted by Gasteiger charge is 2.50. The molecule has 1 atom stereocenters. The van der Waals surface area contributed by atoms with Gasteiger partial charge in [0.05, 0.1) is 18.8 Å². The number of aliphatic hydroxyl groups is 2. The standard InChI is InChI=1S/C12H22O3/c13-9-11(5-2-1-3-6-11)12(14)7-4-8-15-10-12/h13-14H,1-10H2. The summed E-state index contributed by atoms with van der Waals surface area (Å²) in [6.07, 6.45) is 7.09. The van der Waals surface area contributed by atoms with Gasteiger partial charge in [0.2, 0.25) is 0 Å². The van der Waals surface area contributed by atoms with Gasteiger partial charge in [-0.25, -0.2) is 0 Å². The molecule has 88 valence electrons. The van der Waals surface area contributed by atoms with Gasteiger partial charge in [-0.3, -0.25) is 0 Å². The molecule has 1 saturated heterocycles. The normalized spacial score (nSPS) is 36.4. The topological polar surface area (TPSA) is 49.7 Å². The minimum Gasteiger partial charge on any atom is -0.396 e. The highest BCUT2D eigenvalue weighted by Crippen LogP contribution is 2.47. The Morgan fingerprint density at radius 1 is 1.00 bits per heavy atom. The van der Waals surface area contributed by atoms with Crippen LogP contribution >= 0.6 is 0 Å². The molecule has 1 aliphatic carbocycles. The molecular formula is C12H22O3. The van der Waals surface area contributed by atoms with E-state index >= 15 is 0 Å². The van der Waals surface area contributed by atoms with E-state index in [2.05, 4.69) is 0 Å². The van der Waals surface area contributed by atoms with E-state index < -0.39 is 5.60 Å². The van der Waals surface area contributed by atoms with Crippen LogP contribution in [0.4, 0.5) is 0 Å². The molecule has 0 aromatic rings. The van der Waals surface area contributed by atoms with Gasteiger partial charge < -0.3 is 14.9 Å². The predicted octanol–water partition coefficient (Wildman–Crippen LogP) is 1.47. The summed E-state index contributed by atoms with van der Waals surface area (Å²) >= 11 is 0. The van der Waals surface area contributed by atoms with E-state index in [-0.39, 0.29) is 12.0 Å². The summed E-state index contributed by atoms with van der Waals surface area (Å²) in [4.78, 5) is 0. The minimum atomic E-state index is -0.777. The van der Waals surface area contributed by atoms with Gasteiger partial charge >= 0.3 is 0 Å². The Hall–Kier alpha value is -0.120. The quantitative estimate of drug-likeness (QED) is 0.732. The predicted molar refractivity (Wildman–Crippen MR) is 57.6 cm³/mol. The molecule has 1 aliphatic heterocycles. The van der Waals surface area contributed by atoms with Crippen molar-refractivity contribution in [1.82, 2.24) is 0 Å². The van der Waals surface area contributed by atoms with Gasteiger partial charge in [-0.05, 0) is 25.7 Å². The first kappa shape index (κ1) is 11.4. The highest BCUT2D eigenvalue weighted by molar-refractivity contribution is 5.01. The molecule has 3 heteroatoms. The summed E-state index contributed by atoms with van der Waals surface area (Å²) < 4.78 is 5.40. The van der Waals surface area contributed by atoms with Crippen molar-refractivity contribution in [3.8, 4) is 0 Å². The van der Waals surface area contributed by atoms with Crippen molar-refractivity contribution in [3.63, 3.8) is 0 Å². The Morgan fingerprint density at radius 2 is 1.73 bits per heavy atom. The molecule has 2 fully saturated rings. The molecule has 0 aromatic carbocycles. The van der Waals surface area contributed by atoms with Crippen molar-refractivity contribution in [3.05, 3.63) is 0 Å². The third kappa shape index (κ3) is 1.93. The zero-order valence-corrected chi connectivity index (χ0v) is 9.37. The molecule has 0 aromatic heterocycles. The molecule has 0 amide bonds. The van der Waals surface area contributed by atoms with Crippen LogP contribution in [-0.2, 0) is 4.74 Å². The Bertz CT molecular complexity index is 203. The fourth-order valence-corrected chi connectivity index (χ4v) is 3.20. The van der Waals surface area contributed by atoms with Crippen molar-refractivity contribution in [2.75, 3.05) is 19.8 Å². The van der Waals surface area contributed by atoms with Crippen LogP contribution < -0.4 is 0 Å². The van der Waals surface area contributed by atoms with E-state index in [4.69, 9.17) is 4.74 Å². The van der Waals surface area contributed by atoms with E-state index in [1.54, 1.807) is 0 Å². The Kier molecular flexibility index (Phi) is 3.33. The molecule has 3 nitrogen and oxygen atoms in total. The molecule has 2 N–H and O–H groups in total. The number of hydrogen-bond donors (Lipinski definition) is 2. The average Bonchev–Trinajstić information content (AvgIpc) is 2.31. The Morgan fingerprint density at radius 3 is 2.27 bits per heavy atom. The largest absolute Gasteiger partial charge is 0.396 e. The summed E-state index contributed by atoms with van der Waals surface area (Å²) in [6.45, 7) is 1.27. The van der Waals surface area contributed by atoms with Crippen LogP contribution in [0.25, 0.3) is 0 Å². The van der Waals surface area contributed by atoms with Gasteiger partial charge in [0.25, 0.3) is 0 Å². The summed E-state index contributed by atoms with van der Waals surface area (Å²) in [5.41, 5.74) is -1.06. The van der Waals surface area contributed by atoms with Crippen LogP contribution in [0.15, 0.2) is 0 Å². The molecule has 2 aliphatic rings. The average molecular weight is 214 g/mol. The third-order valence-electron chi connectivity index (χ3n) is 4.32. The van der Waals surface area contributed by atoms with Crippen molar-refractivity contribution in [1.29, 1.82) is 0 Å². The lowest BCUT2D eigenvalue weighted by Gasteiger charge is -2.50. The van der Waals surface area contributed by atoms with Gasteiger partial charge in [-0.1, -0.05) is 19.3 Å². The van der Waals surface area contributed by atoms with Gasteiger partial charge in [0.15, 0.2) is 0 Å². The molecule has 0 spiro atoms. The summed E-state index contributed by atoms with van der Waals surface area (Å²) in [5.74, 6) is 0. The van der Waals surface area contributed by atoms with Crippen LogP contribution in [0.2, 0.25) is 0 Å². The highest BCUT2D eigenvalue weighted by atomic mass is 16.5. The minimum absolute atomic E-state index is 0.104. The van der Waals surface area contributed by atoms with Crippen molar-refractivity contribution >= 4 is 0 Å². The van der Waals surface area contributed by atoms with E-state index in [1.165, 1.54) is 6.42 Å². The van der Waals surface area contributed by atoms with Crippen molar-refractivity contribution < 1.29 is 14.9 Å². The first-order valence-corrected chi connectivity index (χ1v) is 6.13. The molecule has 15 heavy (non-hydrogen) atoms. The second-order valence-electron chi connectivity index (χ2n) is 5.19. The van der Waals surface area contributed by atoms with Gasteiger partial charge in [-0.15, -0.1) is 0 Å². The van der Waals surface area contributed by atoms with Gasteiger partial charge in [-0.2, -0.15) is 0 Å². The third-order valence-corrected chi connectivity index (χ3v) is 4.32. The molecule has 2 rings (SSSR count). The molecule has 0 bridgehead atoms. The van der Waals surface area contributed by atoms with Crippen LogP contribution in [0, 0.1) is 5.41 Å². The fraction of sp³-hybridized carbons (Fsp3) is 1.00. The maximum atomic E-state index is 10.7. The number of hydrogen-bond acceptors (Lipinski definition) is 3. The molecule has 0 radical (unpaired) electrons. The zero-order valence-electron chi connectivity index (χ0n) is 9.37. The number of ether oxygens (including phenoxy) is 1. The smallest absolute Gasteiger partial charge is 0.0958 e. The second kappa shape index (κ2) is 4.40. The Balaban J connectivity index is 2.15. The summed E-state index contributed by atoms with van der Waals surface area (Å²) in [5, 5.41) is 20.3. The zero-order chi connectivity index (χ0) is 10.8. The number of rotatable bonds is 2. The lowest BCUT2D eigenvalue weighted by Crippen LogP contribution is -2.56. The van der Waals surface area contributed by atoms with Crippen LogP contribution in [0.3, 0.4) is 0 Å². The summed E-state index contributed by atoms with van der Waals surface area (Å²) in [6, 6.07) is 0. The van der Waals surface area contributed by atoms with Crippen LogP contribution in [-0.4, -0.2) is 35.6 Å². The molecule has 1 saturated carbocycles. The van der Waals surface area contributed by atoms with E-state index in [9.17, 15) is 10.2 Å². The first-order chi connectivity index (χ1) is 7.22. The van der Waals surface area contributed by atoms with Crippen molar-refractivity contribution in [2.24, 2.45) is 5.41 Å². The van der Waals surface area contributed by atoms with E-state index in [1.807, 2.05) is 0 Å². The molecule has 1 unspecified atom stereocenters. The van der Waals surface area contributed by atoms with E-state index in [0.717, 1.165) is 45.1 Å². The van der Waals surface area contributed by atoms with Gasteiger partial charge in [0, 0.05) is 12.0 Å². The van der Waals surface area contributed by atoms with E-state index in [0.29, 0.717) is 6.61 Å². The molecular weight excluding hydrogens is 192 g/mol. The lowest BCUT2D eigenvalue weighted by molar-refractivity contribution is -0.186. The maximum absolute atomic E-state index is 10.7. The summed E-state index contributed by atoms with van der Waals surface area (Å²) in [7, 11) is 0. The lowest BCUT2D eigenvalue weighted by atomic mass is 9.62. The van der Waals surface area contributed by atoms with Crippen LogP contribution in [0.1, 0.15) is 44.9 Å². The Labute approximate surface area is 91.4 Å². The second-order valence-corrected chi connectivity index (χ2v) is 5.19.